The van der Waals surface area contributed by atoms with Gasteiger partial charge in [-0.3, -0.25) is 14.6 Å². The summed E-state index contributed by atoms with van der Waals surface area (Å²) in [6.07, 6.45) is 0.728. The van der Waals surface area contributed by atoms with Gasteiger partial charge in [-0.2, -0.15) is 0 Å². The lowest BCUT2D eigenvalue weighted by Crippen LogP contribution is -2.55. The number of aliphatic hydroxyl groups excluding tert-OH is 1. The fraction of sp³-hybridized carbons (Fsp3) is 0.588. The van der Waals surface area contributed by atoms with Crippen molar-refractivity contribution in [2.45, 2.75) is 32.4 Å². The van der Waals surface area contributed by atoms with Gasteiger partial charge >= 0.3 is 0 Å². The van der Waals surface area contributed by atoms with Crippen LogP contribution in [-0.2, 0) is 4.79 Å². The summed E-state index contributed by atoms with van der Waals surface area (Å²) in [4.78, 5) is 16.7. The normalized spacial score (nSPS) is 21.5. The Labute approximate surface area is 132 Å². The molecule has 1 aromatic carbocycles. The van der Waals surface area contributed by atoms with E-state index in [4.69, 9.17) is 0 Å². The zero-order chi connectivity index (χ0) is 15.9. The zero-order valence-electron chi connectivity index (χ0n) is 13.5. The van der Waals surface area contributed by atoms with Crippen molar-refractivity contribution in [3.63, 3.8) is 0 Å². The maximum Gasteiger partial charge on any atom is 0.238 e. The Hall–Kier alpha value is -1.43. The molecule has 0 radical (unpaired) electrons. The maximum absolute atomic E-state index is 12.1. The Morgan fingerprint density at radius 3 is 2.73 bits per heavy atom. The molecular formula is C17H27N3O2. The van der Waals surface area contributed by atoms with Crippen LogP contribution in [0.5, 0.6) is 0 Å². The molecule has 2 atom stereocenters. The third-order valence-corrected chi connectivity index (χ3v) is 4.08. The molecule has 1 aliphatic heterocycles. The standard InChI is InChI=1S/C17H27N3O2/c1-3-16-12-19(9-10-20(16)11-14(2)21)13-17(22)18-15-7-5-4-6-8-15/h4-8,14,16,21H,3,9-13H2,1-2H3,(H,18,22)/t14-,16+/m0/s1. The SMILES string of the molecule is CC[C@@H]1CN(CC(=O)Nc2ccccc2)CCN1C[C@H](C)O. The van der Waals surface area contributed by atoms with Crippen LogP contribution in [-0.4, -0.2) is 65.7 Å². The van der Waals surface area contributed by atoms with Crippen LogP contribution in [0.1, 0.15) is 20.3 Å². The molecule has 22 heavy (non-hydrogen) atoms. The molecule has 0 aromatic heterocycles. The van der Waals surface area contributed by atoms with Gasteiger partial charge < -0.3 is 10.4 Å². The second-order valence-corrected chi connectivity index (χ2v) is 6.06. The van der Waals surface area contributed by atoms with E-state index >= 15 is 0 Å². The van der Waals surface area contributed by atoms with Crippen molar-refractivity contribution in [1.29, 1.82) is 0 Å². The lowest BCUT2D eigenvalue weighted by molar-refractivity contribution is -0.118. The Balaban J connectivity index is 1.83. The highest BCUT2D eigenvalue weighted by molar-refractivity contribution is 5.92. The monoisotopic (exact) mass is 305 g/mol. The molecule has 122 valence electrons. The van der Waals surface area contributed by atoms with Gasteiger partial charge in [-0.15, -0.1) is 0 Å². The number of benzene rings is 1. The Bertz CT molecular complexity index is 464. The zero-order valence-corrected chi connectivity index (χ0v) is 13.5. The summed E-state index contributed by atoms with van der Waals surface area (Å²) in [7, 11) is 0. The summed E-state index contributed by atoms with van der Waals surface area (Å²) >= 11 is 0. The summed E-state index contributed by atoms with van der Waals surface area (Å²) in [5.74, 6) is 0.0324. The Morgan fingerprint density at radius 2 is 2.09 bits per heavy atom. The first-order valence-corrected chi connectivity index (χ1v) is 8.08. The molecule has 1 aliphatic rings. The molecule has 2 rings (SSSR count). The quantitative estimate of drug-likeness (QED) is 0.834. The van der Waals surface area contributed by atoms with Gasteiger partial charge in [0, 0.05) is 37.9 Å². The second-order valence-electron chi connectivity index (χ2n) is 6.06. The molecule has 1 fully saturated rings. The lowest BCUT2D eigenvalue weighted by Gasteiger charge is -2.41. The van der Waals surface area contributed by atoms with E-state index in [2.05, 4.69) is 22.0 Å². The summed E-state index contributed by atoms with van der Waals surface area (Å²) in [5.41, 5.74) is 0.840. The molecule has 1 heterocycles. The van der Waals surface area contributed by atoms with Crippen molar-refractivity contribution in [2.75, 3.05) is 38.0 Å². The van der Waals surface area contributed by atoms with Crippen LogP contribution in [0.15, 0.2) is 30.3 Å². The number of rotatable bonds is 6. The first-order valence-electron chi connectivity index (χ1n) is 8.08. The van der Waals surface area contributed by atoms with Crippen LogP contribution in [0.4, 0.5) is 5.69 Å². The minimum absolute atomic E-state index is 0.0324. The second kappa shape index (κ2) is 8.27. The predicted molar refractivity (Wildman–Crippen MR) is 88.8 cm³/mol. The minimum atomic E-state index is -0.304. The first-order chi connectivity index (χ1) is 10.6. The number of carbonyl (C=O) groups excluding carboxylic acids is 1. The van der Waals surface area contributed by atoms with Gasteiger partial charge in [0.25, 0.3) is 0 Å². The average Bonchev–Trinajstić information content (AvgIpc) is 2.49. The molecule has 0 bridgehead atoms. The molecule has 0 spiro atoms. The van der Waals surface area contributed by atoms with Crippen LogP contribution in [0.2, 0.25) is 0 Å². The third kappa shape index (κ3) is 5.09. The van der Waals surface area contributed by atoms with E-state index in [0.717, 1.165) is 31.7 Å². The number of para-hydroxylation sites is 1. The molecule has 0 unspecified atom stereocenters. The van der Waals surface area contributed by atoms with Crippen LogP contribution < -0.4 is 5.32 Å². The van der Waals surface area contributed by atoms with E-state index in [1.165, 1.54) is 0 Å². The van der Waals surface area contributed by atoms with Gasteiger partial charge in [0.05, 0.1) is 12.6 Å². The van der Waals surface area contributed by atoms with Crippen molar-refractivity contribution in [3.05, 3.63) is 30.3 Å². The number of nitrogens with zero attached hydrogens (tertiary/aromatic N) is 2. The molecule has 5 heteroatoms. The van der Waals surface area contributed by atoms with Gasteiger partial charge in [-0.1, -0.05) is 25.1 Å². The van der Waals surface area contributed by atoms with Crippen LogP contribution >= 0.6 is 0 Å². The average molecular weight is 305 g/mol. The Kier molecular flexibility index (Phi) is 6.36. The van der Waals surface area contributed by atoms with Gasteiger partial charge in [-0.05, 0) is 25.5 Å². The van der Waals surface area contributed by atoms with Gasteiger partial charge in [0.15, 0.2) is 0 Å². The summed E-state index contributed by atoms with van der Waals surface area (Å²) in [6.45, 7) is 7.77. The molecule has 1 saturated heterocycles. The van der Waals surface area contributed by atoms with Crippen molar-refractivity contribution in [2.24, 2.45) is 0 Å². The van der Waals surface area contributed by atoms with Crippen molar-refractivity contribution >= 4 is 11.6 Å². The number of anilines is 1. The van der Waals surface area contributed by atoms with E-state index < -0.39 is 0 Å². The number of amides is 1. The lowest BCUT2D eigenvalue weighted by atomic mass is 10.1. The highest BCUT2D eigenvalue weighted by Crippen LogP contribution is 2.13. The molecule has 0 saturated carbocycles. The van der Waals surface area contributed by atoms with Crippen molar-refractivity contribution in [1.82, 2.24) is 9.80 Å². The predicted octanol–water partition coefficient (Wildman–Crippen LogP) is 1.40. The summed E-state index contributed by atoms with van der Waals surface area (Å²) in [5, 5.41) is 12.5. The number of β-amino-alcohol motifs (C(OH)–C–C–N with tert-alkyl or cyclic N) is 1. The number of piperazine rings is 1. The number of hydrogen-bond acceptors (Lipinski definition) is 4. The van der Waals surface area contributed by atoms with E-state index in [1.807, 2.05) is 37.3 Å². The minimum Gasteiger partial charge on any atom is -0.392 e. The molecule has 5 nitrogen and oxygen atoms in total. The fourth-order valence-corrected chi connectivity index (χ4v) is 2.99. The number of carbonyl (C=O) groups is 1. The largest absolute Gasteiger partial charge is 0.392 e. The molecule has 0 aliphatic carbocycles. The van der Waals surface area contributed by atoms with Crippen molar-refractivity contribution < 1.29 is 9.90 Å². The van der Waals surface area contributed by atoms with Gasteiger partial charge in [-0.25, -0.2) is 0 Å². The van der Waals surface area contributed by atoms with Crippen LogP contribution in [0.25, 0.3) is 0 Å². The van der Waals surface area contributed by atoms with E-state index in [9.17, 15) is 9.90 Å². The smallest absolute Gasteiger partial charge is 0.238 e. The third-order valence-electron chi connectivity index (χ3n) is 4.08. The maximum atomic E-state index is 12.1. The first kappa shape index (κ1) is 16.9. The van der Waals surface area contributed by atoms with Gasteiger partial charge in [0.2, 0.25) is 5.91 Å². The highest BCUT2D eigenvalue weighted by atomic mass is 16.3. The summed E-state index contributed by atoms with van der Waals surface area (Å²) < 4.78 is 0. The molecule has 2 N–H and O–H groups in total. The van der Waals surface area contributed by atoms with E-state index in [-0.39, 0.29) is 12.0 Å². The van der Waals surface area contributed by atoms with Gasteiger partial charge in [0.1, 0.15) is 0 Å². The number of nitrogens with one attached hydrogen (secondary N) is 1. The van der Waals surface area contributed by atoms with E-state index in [1.54, 1.807) is 0 Å². The Morgan fingerprint density at radius 1 is 1.36 bits per heavy atom. The molecular weight excluding hydrogens is 278 g/mol. The topological polar surface area (TPSA) is 55.8 Å². The van der Waals surface area contributed by atoms with Crippen LogP contribution in [0.3, 0.4) is 0 Å². The van der Waals surface area contributed by atoms with Crippen molar-refractivity contribution in [3.8, 4) is 0 Å². The molecule has 1 amide bonds. The number of aliphatic hydroxyl groups is 1. The van der Waals surface area contributed by atoms with E-state index in [0.29, 0.717) is 19.1 Å². The van der Waals surface area contributed by atoms with Crippen LogP contribution in [0, 0.1) is 0 Å². The number of hydrogen-bond donors (Lipinski definition) is 2. The fourth-order valence-electron chi connectivity index (χ4n) is 2.99. The highest BCUT2D eigenvalue weighted by Gasteiger charge is 2.27. The molecule has 1 aromatic rings. The summed E-state index contributed by atoms with van der Waals surface area (Å²) in [6, 6.07) is 9.96.